The number of non-ortho nitro benzene ring substituents is 1. The van der Waals surface area contributed by atoms with Gasteiger partial charge in [-0.3, -0.25) is 24.7 Å². The van der Waals surface area contributed by atoms with E-state index in [1.54, 1.807) is 6.07 Å². The third-order valence-electron chi connectivity index (χ3n) is 2.66. The molecule has 0 aliphatic carbocycles. The number of nitrogens with zero attached hydrogens (tertiary/aromatic N) is 2. The predicted octanol–water partition coefficient (Wildman–Crippen LogP) is 2.18. The molecule has 0 aliphatic rings. The van der Waals surface area contributed by atoms with Crippen LogP contribution in [-0.2, 0) is 4.79 Å². The summed E-state index contributed by atoms with van der Waals surface area (Å²) in [4.78, 5) is 37.0. The Morgan fingerprint density at radius 3 is 2.29 bits per heavy atom. The van der Waals surface area contributed by atoms with Crippen LogP contribution in [0.4, 0.5) is 11.4 Å². The lowest BCUT2D eigenvalue weighted by Crippen LogP contribution is -2.08. The standard InChI is InChI=1S/C14H11N3O4/c1-9(18)16-11-4-7-13(15-8-11)14(19)10-2-5-12(6-3-10)17(20)21/h2-8H,1H3,(H,16,18). The molecule has 0 radical (unpaired) electrons. The highest BCUT2D eigenvalue weighted by atomic mass is 16.6. The molecular formula is C14H11N3O4. The maximum Gasteiger partial charge on any atom is 0.269 e. The fraction of sp³-hybridized carbons (Fsp3) is 0.0714. The second-order valence-corrected chi connectivity index (χ2v) is 4.25. The Bertz CT molecular complexity index is 693. The van der Waals surface area contributed by atoms with Gasteiger partial charge in [0, 0.05) is 24.6 Å². The number of hydrogen-bond acceptors (Lipinski definition) is 5. The van der Waals surface area contributed by atoms with Gasteiger partial charge in [0.15, 0.2) is 0 Å². The van der Waals surface area contributed by atoms with E-state index in [0.717, 1.165) is 0 Å². The van der Waals surface area contributed by atoms with Gasteiger partial charge in [-0.05, 0) is 24.3 Å². The summed E-state index contributed by atoms with van der Waals surface area (Å²) in [6.45, 7) is 1.37. The number of ketones is 1. The normalized spacial score (nSPS) is 9.95. The number of pyridine rings is 1. The molecule has 0 unspecified atom stereocenters. The Hall–Kier alpha value is -3.09. The molecule has 2 aromatic rings. The fourth-order valence-electron chi connectivity index (χ4n) is 1.69. The molecule has 0 aliphatic heterocycles. The molecule has 7 heteroatoms. The van der Waals surface area contributed by atoms with Gasteiger partial charge in [0.2, 0.25) is 11.7 Å². The summed E-state index contributed by atoms with van der Waals surface area (Å²) in [7, 11) is 0. The van der Waals surface area contributed by atoms with Crippen LogP contribution in [0.3, 0.4) is 0 Å². The summed E-state index contributed by atoms with van der Waals surface area (Å²) in [6.07, 6.45) is 1.38. The molecule has 1 aromatic heterocycles. The van der Waals surface area contributed by atoms with E-state index in [1.807, 2.05) is 0 Å². The Balaban J connectivity index is 2.19. The SMILES string of the molecule is CC(=O)Nc1ccc(C(=O)c2ccc([N+](=O)[O-])cc2)nc1. The summed E-state index contributed by atoms with van der Waals surface area (Å²) >= 11 is 0. The van der Waals surface area contributed by atoms with Crippen LogP contribution in [0.15, 0.2) is 42.6 Å². The van der Waals surface area contributed by atoms with E-state index < -0.39 is 4.92 Å². The summed E-state index contributed by atoms with van der Waals surface area (Å²) in [5.74, 6) is -0.578. The molecule has 1 amide bonds. The summed E-state index contributed by atoms with van der Waals surface area (Å²) < 4.78 is 0. The molecule has 7 nitrogen and oxygen atoms in total. The highest BCUT2D eigenvalue weighted by molar-refractivity contribution is 6.07. The minimum atomic E-state index is -0.533. The van der Waals surface area contributed by atoms with Crippen molar-refractivity contribution in [2.45, 2.75) is 6.92 Å². The van der Waals surface area contributed by atoms with Crippen molar-refractivity contribution in [1.29, 1.82) is 0 Å². The largest absolute Gasteiger partial charge is 0.325 e. The van der Waals surface area contributed by atoms with Crippen LogP contribution in [0, 0.1) is 10.1 Å². The Morgan fingerprint density at radius 2 is 1.81 bits per heavy atom. The quantitative estimate of drug-likeness (QED) is 0.527. The first-order chi connectivity index (χ1) is 9.97. The number of rotatable bonds is 4. The summed E-state index contributed by atoms with van der Waals surface area (Å²) in [5.41, 5.74) is 0.904. The van der Waals surface area contributed by atoms with Crippen LogP contribution < -0.4 is 5.32 Å². The van der Waals surface area contributed by atoms with Crippen LogP contribution in [0.2, 0.25) is 0 Å². The lowest BCUT2D eigenvalue weighted by Gasteiger charge is -2.03. The molecule has 0 saturated carbocycles. The van der Waals surface area contributed by atoms with Crippen LogP contribution in [0.25, 0.3) is 0 Å². The second kappa shape index (κ2) is 5.91. The van der Waals surface area contributed by atoms with Crippen LogP contribution in [0.1, 0.15) is 23.0 Å². The highest BCUT2D eigenvalue weighted by Gasteiger charge is 2.12. The van der Waals surface area contributed by atoms with Gasteiger partial charge in [-0.15, -0.1) is 0 Å². The highest BCUT2D eigenvalue weighted by Crippen LogP contribution is 2.15. The summed E-state index contributed by atoms with van der Waals surface area (Å²) in [6, 6.07) is 8.33. The zero-order valence-electron chi connectivity index (χ0n) is 11.1. The summed E-state index contributed by atoms with van der Waals surface area (Å²) in [5, 5.41) is 13.1. The molecule has 0 fully saturated rings. The van der Waals surface area contributed by atoms with Gasteiger partial charge in [-0.2, -0.15) is 0 Å². The monoisotopic (exact) mass is 285 g/mol. The van der Waals surface area contributed by atoms with Crippen molar-refractivity contribution in [2.75, 3.05) is 5.32 Å². The van der Waals surface area contributed by atoms with E-state index in [1.165, 1.54) is 43.5 Å². The molecule has 1 heterocycles. The Labute approximate surface area is 119 Å². The maximum absolute atomic E-state index is 12.1. The first kappa shape index (κ1) is 14.3. The van der Waals surface area contributed by atoms with Gasteiger partial charge in [-0.1, -0.05) is 0 Å². The number of carbonyl (C=O) groups is 2. The number of anilines is 1. The van der Waals surface area contributed by atoms with Crippen molar-refractivity contribution < 1.29 is 14.5 Å². The van der Waals surface area contributed by atoms with E-state index in [0.29, 0.717) is 11.3 Å². The fourth-order valence-corrected chi connectivity index (χ4v) is 1.69. The van der Waals surface area contributed by atoms with Gasteiger partial charge >= 0.3 is 0 Å². The number of carbonyl (C=O) groups excluding carboxylic acids is 2. The Kier molecular flexibility index (Phi) is 4.03. The third-order valence-corrected chi connectivity index (χ3v) is 2.66. The number of nitro benzene ring substituents is 1. The zero-order valence-corrected chi connectivity index (χ0v) is 11.1. The maximum atomic E-state index is 12.1. The molecule has 1 N–H and O–H groups in total. The second-order valence-electron chi connectivity index (χ2n) is 4.25. The Morgan fingerprint density at radius 1 is 1.14 bits per heavy atom. The molecule has 2 rings (SSSR count). The van der Waals surface area contributed by atoms with Crippen molar-refractivity contribution in [1.82, 2.24) is 4.98 Å². The molecule has 0 saturated heterocycles. The molecule has 0 atom stereocenters. The smallest absolute Gasteiger partial charge is 0.269 e. The number of benzene rings is 1. The van der Waals surface area contributed by atoms with Crippen LogP contribution in [-0.4, -0.2) is 21.6 Å². The average molecular weight is 285 g/mol. The number of amides is 1. The number of nitrogens with one attached hydrogen (secondary N) is 1. The third kappa shape index (κ3) is 3.47. The molecule has 1 aromatic carbocycles. The van der Waals surface area contributed by atoms with Gasteiger partial charge in [0.25, 0.3) is 5.69 Å². The molecule has 106 valence electrons. The van der Waals surface area contributed by atoms with Gasteiger partial charge < -0.3 is 5.32 Å². The lowest BCUT2D eigenvalue weighted by molar-refractivity contribution is -0.384. The van der Waals surface area contributed by atoms with E-state index in [9.17, 15) is 19.7 Å². The molecular weight excluding hydrogens is 274 g/mol. The first-order valence-corrected chi connectivity index (χ1v) is 6.00. The predicted molar refractivity (Wildman–Crippen MR) is 75.1 cm³/mol. The van der Waals surface area contributed by atoms with Crippen molar-refractivity contribution in [3.8, 4) is 0 Å². The minimum Gasteiger partial charge on any atom is -0.325 e. The van der Waals surface area contributed by atoms with Crippen molar-refractivity contribution in [2.24, 2.45) is 0 Å². The first-order valence-electron chi connectivity index (χ1n) is 6.00. The van der Waals surface area contributed by atoms with Gasteiger partial charge in [0.1, 0.15) is 5.69 Å². The number of aromatic nitrogens is 1. The van der Waals surface area contributed by atoms with E-state index in [4.69, 9.17) is 0 Å². The molecule has 21 heavy (non-hydrogen) atoms. The number of hydrogen-bond donors (Lipinski definition) is 1. The number of nitro groups is 1. The van der Waals surface area contributed by atoms with E-state index in [-0.39, 0.29) is 23.1 Å². The topological polar surface area (TPSA) is 102 Å². The zero-order chi connectivity index (χ0) is 15.4. The van der Waals surface area contributed by atoms with Crippen LogP contribution in [0.5, 0.6) is 0 Å². The molecule has 0 bridgehead atoms. The minimum absolute atomic E-state index is 0.0829. The van der Waals surface area contributed by atoms with E-state index in [2.05, 4.69) is 10.3 Å². The van der Waals surface area contributed by atoms with Crippen molar-refractivity contribution in [3.63, 3.8) is 0 Å². The average Bonchev–Trinajstić information content (AvgIpc) is 2.47. The van der Waals surface area contributed by atoms with Crippen molar-refractivity contribution >= 4 is 23.1 Å². The van der Waals surface area contributed by atoms with Crippen LogP contribution >= 0.6 is 0 Å². The van der Waals surface area contributed by atoms with Gasteiger partial charge in [-0.25, -0.2) is 0 Å². The lowest BCUT2D eigenvalue weighted by atomic mass is 10.1. The van der Waals surface area contributed by atoms with Crippen molar-refractivity contribution in [3.05, 3.63) is 64.0 Å². The van der Waals surface area contributed by atoms with Gasteiger partial charge in [0.05, 0.1) is 16.8 Å². The van der Waals surface area contributed by atoms with E-state index >= 15 is 0 Å². The molecule has 0 spiro atoms.